The van der Waals surface area contributed by atoms with Crippen LogP contribution in [0.15, 0.2) is 48.5 Å². The lowest BCUT2D eigenvalue weighted by Crippen LogP contribution is -2.28. The highest BCUT2D eigenvalue weighted by Crippen LogP contribution is 2.22. The molecule has 1 aliphatic rings. The van der Waals surface area contributed by atoms with Gasteiger partial charge in [-0.2, -0.15) is 0 Å². The maximum Gasteiger partial charge on any atom is 0.311 e. The number of carbonyl (C=O) groups is 3. The number of likely N-dealkylation sites (tertiary alicyclic amines) is 1. The zero-order valence-corrected chi connectivity index (χ0v) is 16.2. The number of halogens is 1. The largest absolute Gasteiger partial charge is 0.455 e. The van der Waals surface area contributed by atoms with Crippen LogP contribution in [0, 0.1) is 12.8 Å². The molecule has 1 heterocycles. The van der Waals surface area contributed by atoms with Gasteiger partial charge in [-0.1, -0.05) is 48.0 Å². The number of amides is 2. The van der Waals surface area contributed by atoms with Gasteiger partial charge in [-0.05, 0) is 30.2 Å². The van der Waals surface area contributed by atoms with Crippen LogP contribution in [0.25, 0.3) is 0 Å². The molecule has 0 spiro atoms. The minimum absolute atomic E-state index is 0.0928. The molecule has 0 radical (unpaired) electrons. The number of carbonyl (C=O) groups excluding carboxylic acids is 3. The highest BCUT2D eigenvalue weighted by Gasteiger charge is 2.35. The lowest BCUT2D eigenvalue weighted by molar-refractivity contribution is -0.151. The lowest BCUT2D eigenvalue weighted by atomic mass is 10.1. The van der Waals surface area contributed by atoms with Gasteiger partial charge in [-0.25, -0.2) is 0 Å². The Morgan fingerprint density at radius 1 is 1.21 bits per heavy atom. The van der Waals surface area contributed by atoms with E-state index in [1.54, 1.807) is 23.1 Å². The molecule has 0 aliphatic carbocycles. The Morgan fingerprint density at radius 2 is 1.96 bits per heavy atom. The molecular formula is C21H21ClN2O4. The fraction of sp³-hybridized carbons (Fsp3) is 0.286. The summed E-state index contributed by atoms with van der Waals surface area (Å²) in [6.45, 7) is 2.18. The van der Waals surface area contributed by atoms with Gasteiger partial charge >= 0.3 is 5.97 Å². The number of anilines is 1. The van der Waals surface area contributed by atoms with E-state index in [1.807, 2.05) is 37.3 Å². The third-order valence-corrected chi connectivity index (χ3v) is 4.82. The predicted octanol–water partition coefficient (Wildman–Crippen LogP) is 3.18. The monoisotopic (exact) mass is 400 g/mol. The van der Waals surface area contributed by atoms with E-state index in [1.165, 1.54) is 0 Å². The molecule has 1 fully saturated rings. The Hall–Kier alpha value is -2.86. The van der Waals surface area contributed by atoms with Crippen molar-refractivity contribution in [1.82, 2.24) is 4.90 Å². The number of esters is 1. The summed E-state index contributed by atoms with van der Waals surface area (Å²) in [5.74, 6) is -1.65. The highest BCUT2D eigenvalue weighted by atomic mass is 35.5. The van der Waals surface area contributed by atoms with E-state index in [-0.39, 0.29) is 12.3 Å². The number of hydrogen-bond acceptors (Lipinski definition) is 4. The van der Waals surface area contributed by atoms with Crippen molar-refractivity contribution >= 4 is 35.1 Å². The summed E-state index contributed by atoms with van der Waals surface area (Å²) < 4.78 is 5.11. The second-order valence-corrected chi connectivity index (χ2v) is 7.21. The zero-order chi connectivity index (χ0) is 20.1. The minimum Gasteiger partial charge on any atom is -0.455 e. The van der Waals surface area contributed by atoms with Crippen LogP contribution in [0.3, 0.4) is 0 Å². The van der Waals surface area contributed by atoms with E-state index in [0.29, 0.717) is 23.8 Å². The standard InChI is InChI=1S/C21H21ClN2O4/c1-14-7-8-17(22)10-18(14)23-19(25)13-28-21(27)16-9-20(26)24(12-16)11-15-5-3-2-4-6-15/h2-8,10,16H,9,11-13H2,1H3,(H,23,25)/t16-/m0/s1. The van der Waals surface area contributed by atoms with Crippen molar-refractivity contribution in [3.05, 3.63) is 64.7 Å². The van der Waals surface area contributed by atoms with Crippen molar-refractivity contribution in [3.63, 3.8) is 0 Å². The van der Waals surface area contributed by atoms with Crippen molar-refractivity contribution in [2.45, 2.75) is 19.9 Å². The van der Waals surface area contributed by atoms with Crippen molar-refractivity contribution < 1.29 is 19.1 Å². The molecule has 146 valence electrons. The van der Waals surface area contributed by atoms with Crippen LogP contribution in [-0.2, 0) is 25.7 Å². The second kappa shape index (κ2) is 8.89. The van der Waals surface area contributed by atoms with Crippen LogP contribution in [0.2, 0.25) is 5.02 Å². The first-order chi connectivity index (χ1) is 13.4. The summed E-state index contributed by atoms with van der Waals surface area (Å²) in [4.78, 5) is 38.1. The molecule has 2 aromatic carbocycles. The Balaban J connectivity index is 1.49. The molecule has 6 nitrogen and oxygen atoms in total. The molecule has 1 N–H and O–H groups in total. The Morgan fingerprint density at radius 3 is 2.71 bits per heavy atom. The van der Waals surface area contributed by atoms with Crippen molar-refractivity contribution in [3.8, 4) is 0 Å². The first-order valence-corrected chi connectivity index (χ1v) is 9.34. The molecule has 28 heavy (non-hydrogen) atoms. The molecule has 0 aromatic heterocycles. The van der Waals surface area contributed by atoms with Gasteiger partial charge in [0, 0.05) is 30.2 Å². The molecule has 2 amide bonds. The zero-order valence-electron chi connectivity index (χ0n) is 15.5. The van der Waals surface area contributed by atoms with Crippen LogP contribution in [0.5, 0.6) is 0 Å². The SMILES string of the molecule is Cc1ccc(Cl)cc1NC(=O)COC(=O)[C@H]1CC(=O)N(Cc2ccccc2)C1. The molecule has 1 aliphatic heterocycles. The third kappa shape index (κ3) is 5.10. The van der Waals surface area contributed by atoms with Gasteiger partial charge in [0.05, 0.1) is 5.92 Å². The van der Waals surface area contributed by atoms with Crippen LogP contribution in [0.4, 0.5) is 5.69 Å². The normalized spacial score (nSPS) is 16.1. The first-order valence-electron chi connectivity index (χ1n) is 8.96. The average Bonchev–Trinajstić information content (AvgIpc) is 3.04. The number of nitrogens with one attached hydrogen (secondary N) is 1. The van der Waals surface area contributed by atoms with Gasteiger partial charge in [0.1, 0.15) is 0 Å². The number of benzene rings is 2. The summed E-state index contributed by atoms with van der Waals surface area (Å²) in [7, 11) is 0. The molecule has 1 atom stereocenters. The fourth-order valence-corrected chi connectivity index (χ4v) is 3.23. The van der Waals surface area contributed by atoms with E-state index in [2.05, 4.69) is 5.32 Å². The number of hydrogen-bond donors (Lipinski definition) is 1. The molecular weight excluding hydrogens is 380 g/mol. The van der Waals surface area contributed by atoms with Crippen LogP contribution in [0.1, 0.15) is 17.5 Å². The van der Waals surface area contributed by atoms with E-state index >= 15 is 0 Å². The summed E-state index contributed by atoms with van der Waals surface area (Å²) in [6, 6.07) is 14.7. The third-order valence-electron chi connectivity index (χ3n) is 4.58. The van der Waals surface area contributed by atoms with Gasteiger partial charge in [-0.3, -0.25) is 14.4 Å². The lowest BCUT2D eigenvalue weighted by Gasteiger charge is -2.16. The summed E-state index contributed by atoms with van der Waals surface area (Å²) in [5, 5.41) is 3.17. The molecule has 7 heteroatoms. The maximum atomic E-state index is 12.3. The van der Waals surface area contributed by atoms with Crippen LogP contribution in [-0.4, -0.2) is 35.8 Å². The molecule has 0 bridgehead atoms. The Kier molecular flexibility index (Phi) is 6.31. The Bertz CT molecular complexity index is 885. The number of rotatable bonds is 6. The highest BCUT2D eigenvalue weighted by molar-refractivity contribution is 6.31. The topological polar surface area (TPSA) is 75.7 Å². The molecule has 0 unspecified atom stereocenters. The van der Waals surface area contributed by atoms with Gasteiger partial charge < -0.3 is 15.0 Å². The summed E-state index contributed by atoms with van der Waals surface area (Å²) in [6.07, 6.45) is 0.0979. The Labute approximate surface area is 168 Å². The maximum absolute atomic E-state index is 12.3. The van der Waals surface area contributed by atoms with Gasteiger partial charge in [0.25, 0.3) is 5.91 Å². The summed E-state index contributed by atoms with van der Waals surface area (Å²) >= 11 is 5.93. The van der Waals surface area contributed by atoms with Crippen LogP contribution >= 0.6 is 11.6 Å². The number of nitrogens with zero attached hydrogens (tertiary/aromatic N) is 1. The summed E-state index contributed by atoms with van der Waals surface area (Å²) in [5.41, 5.74) is 2.42. The van der Waals surface area contributed by atoms with Gasteiger partial charge in [-0.15, -0.1) is 0 Å². The predicted molar refractivity (Wildman–Crippen MR) is 106 cm³/mol. The number of aryl methyl sites for hydroxylation is 1. The van der Waals surface area contributed by atoms with Crippen molar-refractivity contribution in [1.29, 1.82) is 0 Å². The molecule has 1 saturated heterocycles. The number of ether oxygens (including phenoxy) is 1. The smallest absolute Gasteiger partial charge is 0.311 e. The molecule has 2 aromatic rings. The van der Waals surface area contributed by atoms with Crippen LogP contribution < -0.4 is 5.32 Å². The van der Waals surface area contributed by atoms with Crippen molar-refractivity contribution in [2.24, 2.45) is 5.92 Å². The van der Waals surface area contributed by atoms with Gasteiger partial charge in [0.15, 0.2) is 6.61 Å². The average molecular weight is 401 g/mol. The fourth-order valence-electron chi connectivity index (χ4n) is 3.06. The van der Waals surface area contributed by atoms with E-state index in [0.717, 1.165) is 11.1 Å². The van der Waals surface area contributed by atoms with E-state index < -0.39 is 24.4 Å². The molecule has 0 saturated carbocycles. The second-order valence-electron chi connectivity index (χ2n) is 6.78. The van der Waals surface area contributed by atoms with E-state index in [4.69, 9.17) is 16.3 Å². The minimum atomic E-state index is -0.558. The quantitative estimate of drug-likeness (QED) is 0.755. The molecule has 3 rings (SSSR count). The van der Waals surface area contributed by atoms with Gasteiger partial charge in [0.2, 0.25) is 5.91 Å². The van der Waals surface area contributed by atoms with Crippen molar-refractivity contribution in [2.75, 3.05) is 18.5 Å². The first kappa shape index (κ1) is 19.9. The van der Waals surface area contributed by atoms with E-state index in [9.17, 15) is 14.4 Å².